The molecule has 0 spiro atoms. The van der Waals surface area contributed by atoms with Crippen LogP contribution < -0.4 is 21.5 Å². The van der Waals surface area contributed by atoms with Gasteiger partial charge in [0.15, 0.2) is 0 Å². The smallest absolute Gasteiger partial charge is 0.289 e. The summed E-state index contributed by atoms with van der Waals surface area (Å²) in [6.07, 6.45) is 4.38. The summed E-state index contributed by atoms with van der Waals surface area (Å²) in [5.41, 5.74) is 0.919. The van der Waals surface area contributed by atoms with Crippen LogP contribution in [0.15, 0.2) is 45.8 Å². The van der Waals surface area contributed by atoms with Gasteiger partial charge in [-0.3, -0.25) is 14.4 Å². The molecule has 33 heavy (non-hydrogen) atoms. The lowest BCUT2D eigenvalue weighted by molar-refractivity contribution is 0.0909. The highest BCUT2D eigenvalue weighted by Gasteiger charge is 2.25. The van der Waals surface area contributed by atoms with Crippen LogP contribution in [0.1, 0.15) is 46.0 Å². The first-order valence-electron chi connectivity index (χ1n) is 10.7. The minimum Gasteiger partial charge on any atom is -0.367 e. The van der Waals surface area contributed by atoms with Crippen molar-refractivity contribution in [3.63, 3.8) is 0 Å². The largest absolute Gasteiger partial charge is 0.367 e. The molecule has 2 amide bonds. The molecule has 1 saturated carbocycles. The molecule has 0 bridgehead atoms. The molecule has 11 nitrogen and oxygen atoms in total. The molecule has 4 rings (SSSR count). The number of anilines is 1. The van der Waals surface area contributed by atoms with Gasteiger partial charge in [0.2, 0.25) is 5.76 Å². The molecule has 0 aliphatic heterocycles. The van der Waals surface area contributed by atoms with E-state index in [-0.39, 0.29) is 34.9 Å². The summed E-state index contributed by atoms with van der Waals surface area (Å²) in [6, 6.07) is 8.02. The molecule has 0 unspecified atom stereocenters. The van der Waals surface area contributed by atoms with Crippen molar-refractivity contribution in [1.29, 1.82) is 0 Å². The van der Waals surface area contributed by atoms with Crippen LogP contribution in [0, 0.1) is 12.8 Å². The normalized spacial score (nSPS) is 17.5. The van der Waals surface area contributed by atoms with Crippen molar-refractivity contribution < 1.29 is 14.1 Å². The van der Waals surface area contributed by atoms with Crippen LogP contribution >= 0.6 is 0 Å². The standard InChI is InChI=1S/C22H25N7O4/c1-13-9-18(33-28-13)22(32)25-11-14-3-4-15(10-14)26-19-7-5-16(12-24-19)29-20(30)8-6-17(27-29)21(31)23-2/h5-9,12,14-15H,3-4,10-11H2,1-2H3,(H,23,31)(H,24,26)(H,25,32)/t14-,15+/m0/s1. The molecule has 1 aliphatic carbocycles. The Morgan fingerprint density at radius 3 is 2.73 bits per heavy atom. The number of nitrogens with one attached hydrogen (secondary N) is 3. The third kappa shape index (κ3) is 5.25. The Bertz CT molecular complexity index is 1200. The van der Waals surface area contributed by atoms with E-state index in [1.807, 2.05) is 0 Å². The number of amides is 2. The second kappa shape index (κ2) is 9.63. The Labute approximate surface area is 189 Å². The summed E-state index contributed by atoms with van der Waals surface area (Å²) in [6.45, 7) is 2.34. The Hall–Kier alpha value is -4.02. The van der Waals surface area contributed by atoms with Crippen LogP contribution in [0.4, 0.5) is 5.82 Å². The van der Waals surface area contributed by atoms with Gasteiger partial charge in [0.25, 0.3) is 17.4 Å². The van der Waals surface area contributed by atoms with Crippen LogP contribution in [0.25, 0.3) is 5.69 Å². The van der Waals surface area contributed by atoms with E-state index >= 15 is 0 Å². The van der Waals surface area contributed by atoms with Gasteiger partial charge >= 0.3 is 0 Å². The maximum Gasteiger partial charge on any atom is 0.289 e. The number of hydrogen-bond donors (Lipinski definition) is 3. The molecule has 1 fully saturated rings. The quantitative estimate of drug-likeness (QED) is 0.487. The van der Waals surface area contributed by atoms with Crippen LogP contribution in [-0.2, 0) is 0 Å². The van der Waals surface area contributed by atoms with E-state index in [2.05, 4.69) is 31.2 Å². The minimum absolute atomic E-state index is 0.141. The first-order valence-corrected chi connectivity index (χ1v) is 10.7. The van der Waals surface area contributed by atoms with Crippen molar-refractivity contribution in [1.82, 2.24) is 30.6 Å². The zero-order valence-corrected chi connectivity index (χ0v) is 18.4. The summed E-state index contributed by atoms with van der Waals surface area (Å²) >= 11 is 0. The third-order valence-corrected chi connectivity index (χ3v) is 5.55. The van der Waals surface area contributed by atoms with E-state index in [0.29, 0.717) is 29.7 Å². The highest BCUT2D eigenvalue weighted by molar-refractivity contribution is 5.92. The Balaban J connectivity index is 1.32. The number of carbonyl (C=O) groups excluding carboxylic acids is 2. The van der Waals surface area contributed by atoms with E-state index in [9.17, 15) is 14.4 Å². The summed E-state index contributed by atoms with van der Waals surface area (Å²) in [5, 5.41) is 16.6. The van der Waals surface area contributed by atoms with Gasteiger partial charge in [0, 0.05) is 31.8 Å². The minimum atomic E-state index is -0.377. The fourth-order valence-corrected chi connectivity index (χ4v) is 3.84. The lowest BCUT2D eigenvalue weighted by Gasteiger charge is -2.15. The molecule has 0 saturated heterocycles. The van der Waals surface area contributed by atoms with Crippen molar-refractivity contribution in [2.45, 2.75) is 32.2 Å². The first kappa shape index (κ1) is 22.2. The van der Waals surface area contributed by atoms with Crippen LogP contribution in [0.2, 0.25) is 0 Å². The second-order valence-electron chi connectivity index (χ2n) is 8.01. The van der Waals surface area contributed by atoms with E-state index in [0.717, 1.165) is 23.9 Å². The summed E-state index contributed by atoms with van der Waals surface area (Å²) < 4.78 is 6.13. The van der Waals surface area contributed by atoms with Crippen LogP contribution in [-0.4, -0.2) is 51.4 Å². The third-order valence-electron chi connectivity index (χ3n) is 5.55. The van der Waals surface area contributed by atoms with Gasteiger partial charge in [0.1, 0.15) is 11.5 Å². The molecule has 11 heteroatoms. The number of hydrogen-bond acceptors (Lipinski definition) is 8. The predicted octanol–water partition coefficient (Wildman–Crippen LogP) is 1.29. The molecule has 2 atom stereocenters. The molecule has 172 valence electrons. The molecule has 0 aromatic carbocycles. The van der Waals surface area contributed by atoms with Gasteiger partial charge in [-0.15, -0.1) is 0 Å². The monoisotopic (exact) mass is 451 g/mol. The van der Waals surface area contributed by atoms with Gasteiger partial charge in [-0.05, 0) is 50.3 Å². The Morgan fingerprint density at radius 1 is 1.18 bits per heavy atom. The fraction of sp³-hybridized carbons (Fsp3) is 0.364. The van der Waals surface area contributed by atoms with Crippen molar-refractivity contribution >= 4 is 17.6 Å². The summed E-state index contributed by atoms with van der Waals surface area (Å²) in [5.74, 6) is 0.622. The molecule has 1 aliphatic rings. The lowest BCUT2D eigenvalue weighted by Crippen LogP contribution is -2.28. The maximum atomic E-state index is 12.2. The molecule has 3 aromatic rings. The van der Waals surface area contributed by atoms with Crippen molar-refractivity contribution in [2.75, 3.05) is 18.9 Å². The van der Waals surface area contributed by atoms with Gasteiger partial charge in [-0.1, -0.05) is 5.16 Å². The van der Waals surface area contributed by atoms with E-state index in [1.54, 1.807) is 25.1 Å². The second-order valence-corrected chi connectivity index (χ2v) is 8.01. The van der Waals surface area contributed by atoms with Gasteiger partial charge in [0.05, 0.1) is 17.6 Å². The molecular weight excluding hydrogens is 426 g/mol. The van der Waals surface area contributed by atoms with Crippen LogP contribution in [0.5, 0.6) is 0 Å². The number of carbonyl (C=O) groups is 2. The summed E-state index contributed by atoms with van der Waals surface area (Å²) in [7, 11) is 1.50. The van der Waals surface area contributed by atoms with E-state index in [4.69, 9.17) is 4.52 Å². The lowest BCUT2D eigenvalue weighted by atomic mass is 10.1. The summed E-state index contributed by atoms with van der Waals surface area (Å²) in [4.78, 5) is 40.5. The zero-order chi connectivity index (χ0) is 23.4. The van der Waals surface area contributed by atoms with Gasteiger partial charge in [-0.2, -0.15) is 9.78 Å². The van der Waals surface area contributed by atoms with Crippen molar-refractivity contribution in [3.05, 3.63) is 64.0 Å². The van der Waals surface area contributed by atoms with Crippen molar-refractivity contribution in [2.24, 2.45) is 5.92 Å². The molecule has 3 N–H and O–H groups in total. The molecule has 3 aromatic heterocycles. The molecule has 3 heterocycles. The van der Waals surface area contributed by atoms with Crippen molar-refractivity contribution in [3.8, 4) is 5.69 Å². The number of aryl methyl sites for hydroxylation is 1. The maximum absolute atomic E-state index is 12.2. The number of nitrogens with zero attached hydrogens (tertiary/aromatic N) is 4. The van der Waals surface area contributed by atoms with Crippen LogP contribution in [0.3, 0.4) is 0 Å². The SMILES string of the molecule is CNC(=O)c1ccc(=O)n(-c2ccc(N[C@@H]3CC[C@H](CNC(=O)c4cc(C)no4)C3)nc2)n1. The highest BCUT2D eigenvalue weighted by Crippen LogP contribution is 2.27. The molecular formula is C22H25N7O4. The topological polar surface area (TPSA) is 144 Å². The predicted molar refractivity (Wildman–Crippen MR) is 119 cm³/mol. The number of aromatic nitrogens is 4. The van der Waals surface area contributed by atoms with Gasteiger partial charge in [-0.25, -0.2) is 4.98 Å². The average molecular weight is 451 g/mol. The number of rotatable bonds is 7. The van der Waals surface area contributed by atoms with E-state index < -0.39 is 0 Å². The van der Waals surface area contributed by atoms with E-state index in [1.165, 1.54) is 25.4 Å². The molecule has 0 radical (unpaired) electrons. The highest BCUT2D eigenvalue weighted by atomic mass is 16.5. The van der Waals surface area contributed by atoms with Gasteiger partial charge < -0.3 is 20.5 Å². The average Bonchev–Trinajstić information content (AvgIpc) is 3.46. The number of pyridine rings is 1. The first-order chi connectivity index (χ1) is 15.9. The fourth-order valence-electron chi connectivity index (χ4n) is 3.84. The Kier molecular flexibility index (Phi) is 6.48. The Morgan fingerprint density at radius 2 is 2.03 bits per heavy atom. The zero-order valence-electron chi connectivity index (χ0n) is 18.4.